The standard InChI is InChI=1S/C20H28O2/c1-4-5-6-7-16-8-10-17(11-9-16)12-13-19(21)18-14-20(2,3)22-15-18/h8-11,18-19,21H,4-7,14-15H2,1-3H3/t18-,19+/m1/s1. The van der Waals surface area contributed by atoms with E-state index < -0.39 is 6.10 Å². The van der Waals surface area contributed by atoms with Gasteiger partial charge in [-0.3, -0.25) is 0 Å². The highest BCUT2D eigenvalue weighted by atomic mass is 16.5. The molecule has 1 aromatic carbocycles. The minimum Gasteiger partial charge on any atom is -0.380 e. The summed E-state index contributed by atoms with van der Waals surface area (Å²) in [5.74, 6) is 6.18. The zero-order valence-electron chi connectivity index (χ0n) is 14.1. The van der Waals surface area contributed by atoms with Crippen molar-refractivity contribution in [2.24, 2.45) is 5.92 Å². The van der Waals surface area contributed by atoms with E-state index in [0.29, 0.717) is 6.61 Å². The van der Waals surface area contributed by atoms with Crippen LogP contribution in [0.15, 0.2) is 24.3 Å². The van der Waals surface area contributed by atoms with Gasteiger partial charge in [0, 0.05) is 11.5 Å². The smallest absolute Gasteiger partial charge is 0.120 e. The SMILES string of the molecule is CCCCCc1ccc(C#C[C@H](O)[C@H]2COC(C)(C)C2)cc1. The van der Waals surface area contributed by atoms with Crippen molar-refractivity contribution in [2.45, 2.75) is 64.6 Å². The number of aliphatic hydroxyl groups excluding tert-OH is 1. The Balaban J connectivity index is 1.88. The molecule has 0 spiro atoms. The predicted molar refractivity (Wildman–Crippen MR) is 90.7 cm³/mol. The van der Waals surface area contributed by atoms with E-state index in [0.717, 1.165) is 18.4 Å². The molecule has 1 heterocycles. The van der Waals surface area contributed by atoms with E-state index in [-0.39, 0.29) is 11.5 Å². The van der Waals surface area contributed by atoms with Crippen molar-refractivity contribution >= 4 is 0 Å². The molecular weight excluding hydrogens is 272 g/mol. The molecule has 1 fully saturated rings. The van der Waals surface area contributed by atoms with E-state index in [4.69, 9.17) is 4.74 Å². The molecule has 0 saturated carbocycles. The van der Waals surface area contributed by atoms with E-state index in [1.54, 1.807) is 0 Å². The number of aryl methyl sites for hydroxylation is 1. The molecule has 1 aromatic rings. The second-order valence-electron chi connectivity index (χ2n) is 6.90. The zero-order valence-corrected chi connectivity index (χ0v) is 14.1. The summed E-state index contributed by atoms with van der Waals surface area (Å²) in [4.78, 5) is 0. The van der Waals surface area contributed by atoms with E-state index in [1.165, 1.54) is 24.8 Å². The average Bonchev–Trinajstić information content (AvgIpc) is 2.87. The van der Waals surface area contributed by atoms with E-state index >= 15 is 0 Å². The highest BCUT2D eigenvalue weighted by Gasteiger charge is 2.35. The fraction of sp³-hybridized carbons (Fsp3) is 0.600. The number of ether oxygens (including phenoxy) is 1. The van der Waals surface area contributed by atoms with Crippen molar-refractivity contribution in [3.05, 3.63) is 35.4 Å². The quantitative estimate of drug-likeness (QED) is 0.659. The summed E-state index contributed by atoms with van der Waals surface area (Å²) in [7, 11) is 0. The van der Waals surface area contributed by atoms with Gasteiger partial charge >= 0.3 is 0 Å². The van der Waals surface area contributed by atoms with Crippen molar-refractivity contribution < 1.29 is 9.84 Å². The monoisotopic (exact) mass is 300 g/mol. The Labute approximate surface area is 134 Å². The number of hydrogen-bond acceptors (Lipinski definition) is 2. The molecular formula is C20H28O2. The van der Waals surface area contributed by atoms with Crippen LogP contribution in [-0.4, -0.2) is 23.4 Å². The van der Waals surface area contributed by atoms with E-state index in [9.17, 15) is 5.11 Å². The Bertz CT molecular complexity index is 519. The number of hydrogen-bond donors (Lipinski definition) is 1. The molecule has 0 radical (unpaired) electrons. The third kappa shape index (κ3) is 5.16. The van der Waals surface area contributed by atoms with Crippen LogP contribution in [0, 0.1) is 17.8 Å². The van der Waals surface area contributed by atoms with Crippen molar-refractivity contribution in [2.75, 3.05) is 6.61 Å². The van der Waals surface area contributed by atoms with Crippen molar-refractivity contribution in [3.8, 4) is 11.8 Å². The lowest BCUT2D eigenvalue weighted by Gasteiger charge is -2.16. The van der Waals surface area contributed by atoms with Crippen LogP contribution in [0.2, 0.25) is 0 Å². The molecule has 1 N–H and O–H groups in total. The molecule has 2 nitrogen and oxygen atoms in total. The fourth-order valence-electron chi connectivity index (χ4n) is 2.89. The summed E-state index contributed by atoms with van der Waals surface area (Å²) in [5, 5.41) is 10.2. The minimum atomic E-state index is -0.606. The maximum atomic E-state index is 10.2. The van der Waals surface area contributed by atoms with Gasteiger partial charge in [-0.1, -0.05) is 43.7 Å². The van der Waals surface area contributed by atoms with Gasteiger partial charge in [0.05, 0.1) is 12.2 Å². The fourth-order valence-corrected chi connectivity index (χ4v) is 2.89. The molecule has 1 saturated heterocycles. The second-order valence-corrected chi connectivity index (χ2v) is 6.90. The Morgan fingerprint density at radius 3 is 2.59 bits per heavy atom. The summed E-state index contributed by atoms with van der Waals surface area (Å²) in [5.41, 5.74) is 2.20. The molecule has 120 valence electrons. The highest BCUT2D eigenvalue weighted by Crippen LogP contribution is 2.30. The molecule has 0 unspecified atom stereocenters. The van der Waals surface area contributed by atoms with Crippen LogP contribution in [0.5, 0.6) is 0 Å². The summed E-state index contributed by atoms with van der Waals surface area (Å²) in [6, 6.07) is 8.40. The normalized spacial score (nSPS) is 21.2. The highest BCUT2D eigenvalue weighted by molar-refractivity contribution is 5.37. The van der Waals surface area contributed by atoms with Gasteiger partial charge in [0.25, 0.3) is 0 Å². The number of benzene rings is 1. The first-order valence-corrected chi connectivity index (χ1v) is 8.43. The van der Waals surface area contributed by atoms with Gasteiger partial charge in [0.15, 0.2) is 0 Å². The van der Waals surface area contributed by atoms with Crippen LogP contribution in [0.4, 0.5) is 0 Å². The zero-order chi connectivity index (χ0) is 16.0. The molecule has 0 amide bonds. The number of rotatable bonds is 5. The van der Waals surface area contributed by atoms with Gasteiger partial charge in [0.1, 0.15) is 6.10 Å². The van der Waals surface area contributed by atoms with Gasteiger partial charge in [-0.15, -0.1) is 0 Å². The molecule has 2 rings (SSSR count). The molecule has 2 heteroatoms. The van der Waals surface area contributed by atoms with E-state index in [1.807, 2.05) is 0 Å². The van der Waals surface area contributed by atoms with Crippen molar-refractivity contribution in [1.29, 1.82) is 0 Å². The van der Waals surface area contributed by atoms with Crippen LogP contribution in [-0.2, 0) is 11.2 Å². The average molecular weight is 300 g/mol. The first-order chi connectivity index (χ1) is 10.5. The van der Waals surface area contributed by atoms with Crippen LogP contribution in [0.3, 0.4) is 0 Å². The Kier molecular flexibility index (Phi) is 6.06. The summed E-state index contributed by atoms with van der Waals surface area (Å²) in [6.45, 7) is 6.94. The molecule has 0 bridgehead atoms. The first kappa shape index (κ1) is 17.1. The lowest BCUT2D eigenvalue weighted by atomic mass is 9.93. The van der Waals surface area contributed by atoms with Crippen molar-refractivity contribution in [3.63, 3.8) is 0 Å². The van der Waals surface area contributed by atoms with Crippen LogP contribution in [0.1, 0.15) is 57.6 Å². The van der Waals surface area contributed by atoms with Crippen LogP contribution >= 0.6 is 0 Å². The lowest BCUT2D eigenvalue weighted by Crippen LogP contribution is -2.21. The molecule has 1 aliphatic rings. The largest absolute Gasteiger partial charge is 0.380 e. The van der Waals surface area contributed by atoms with Gasteiger partial charge < -0.3 is 9.84 Å². The Hall–Kier alpha value is -1.30. The van der Waals surface area contributed by atoms with Crippen molar-refractivity contribution in [1.82, 2.24) is 0 Å². The summed E-state index contributed by atoms with van der Waals surface area (Å²) >= 11 is 0. The number of aliphatic hydroxyl groups is 1. The molecule has 1 aliphatic heterocycles. The minimum absolute atomic E-state index is 0.121. The lowest BCUT2D eigenvalue weighted by molar-refractivity contribution is 0.0323. The van der Waals surface area contributed by atoms with Gasteiger partial charge in [0.2, 0.25) is 0 Å². The Morgan fingerprint density at radius 1 is 1.27 bits per heavy atom. The molecule has 0 aliphatic carbocycles. The summed E-state index contributed by atoms with van der Waals surface area (Å²) in [6.07, 6.45) is 5.18. The van der Waals surface area contributed by atoms with Crippen LogP contribution in [0.25, 0.3) is 0 Å². The second kappa shape index (κ2) is 7.81. The van der Waals surface area contributed by atoms with E-state index in [2.05, 4.69) is 56.9 Å². The van der Waals surface area contributed by atoms with Gasteiger partial charge in [-0.2, -0.15) is 0 Å². The third-order valence-corrected chi connectivity index (χ3v) is 4.28. The predicted octanol–water partition coefficient (Wildman–Crippen LogP) is 3.95. The maximum absolute atomic E-state index is 10.2. The third-order valence-electron chi connectivity index (χ3n) is 4.28. The molecule has 2 atom stereocenters. The van der Waals surface area contributed by atoms with Gasteiger partial charge in [-0.05, 0) is 50.8 Å². The number of unbranched alkanes of at least 4 members (excludes halogenated alkanes) is 2. The summed E-state index contributed by atoms with van der Waals surface area (Å²) < 4.78 is 5.66. The van der Waals surface area contributed by atoms with Gasteiger partial charge in [-0.25, -0.2) is 0 Å². The molecule has 0 aromatic heterocycles. The maximum Gasteiger partial charge on any atom is 0.120 e. The first-order valence-electron chi connectivity index (χ1n) is 8.43. The Morgan fingerprint density at radius 2 is 2.00 bits per heavy atom. The van der Waals surface area contributed by atoms with Crippen LogP contribution < -0.4 is 0 Å². The topological polar surface area (TPSA) is 29.5 Å². The molecule has 22 heavy (non-hydrogen) atoms.